The molecule has 4 heteroatoms. The molecule has 4 nitrogen and oxygen atoms in total. The smallest absolute Gasteiger partial charge is 0.239 e. The van der Waals surface area contributed by atoms with Crippen molar-refractivity contribution in [2.24, 2.45) is 0 Å². The van der Waals surface area contributed by atoms with Crippen molar-refractivity contribution in [3.63, 3.8) is 0 Å². The second-order valence-corrected chi connectivity index (χ2v) is 7.43. The van der Waals surface area contributed by atoms with Gasteiger partial charge in [0.05, 0.1) is 6.04 Å². The molecule has 1 unspecified atom stereocenters. The van der Waals surface area contributed by atoms with Crippen LogP contribution in [-0.2, 0) is 4.79 Å². The van der Waals surface area contributed by atoms with Gasteiger partial charge in [0, 0.05) is 32.2 Å². The SMILES string of the molecule is CC(C(=O)N1CCCCC1)N1CCC(N2CCCCC2)CC1. The lowest BCUT2D eigenvalue weighted by Gasteiger charge is -2.42. The minimum Gasteiger partial charge on any atom is -0.341 e. The van der Waals surface area contributed by atoms with E-state index in [-0.39, 0.29) is 6.04 Å². The van der Waals surface area contributed by atoms with Crippen LogP contribution in [0.3, 0.4) is 0 Å². The first-order valence-corrected chi connectivity index (χ1v) is 9.52. The summed E-state index contributed by atoms with van der Waals surface area (Å²) in [6.07, 6.45) is 10.3. The first-order valence-electron chi connectivity index (χ1n) is 9.52. The van der Waals surface area contributed by atoms with Crippen LogP contribution in [0, 0.1) is 0 Å². The molecular weight excluding hydrogens is 274 g/mol. The molecule has 3 fully saturated rings. The fourth-order valence-electron chi connectivity index (χ4n) is 4.46. The van der Waals surface area contributed by atoms with Gasteiger partial charge in [0.25, 0.3) is 0 Å². The van der Waals surface area contributed by atoms with Gasteiger partial charge in [0.2, 0.25) is 5.91 Å². The Balaban J connectivity index is 1.46. The second-order valence-electron chi connectivity index (χ2n) is 7.43. The zero-order valence-electron chi connectivity index (χ0n) is 14.3. The molecule has 0 saturated carbocycles. The van der Waals surface area contributed by atoms with E-state index in [4.69, 9.17) is 0 Å². The van der Waals surface area contributed by atoms with Crippen molar-refractivity contribution in [3.05, 3.63) is 0 Å². The van der Waals surface area contributed by atoms with Gasteiger partial charge in [-0.2, -0.15) is 0 Å². The molecule has 3 heterocycles. The third kappa shape index (κ3) is 3.83. The molecular formula is C18H33N3O. The van der Waals surface area contributed by atoms with Crippen LogP contribution >= 0.6 is 0 Å². The van der Waals surface area contributed by atoms with Gasteiger partial charge < -0.3 is 9.80 Å². The molecule has 0 bridgehead atoms. The molecule has 1 amide bonds. The number of amides is 1. The van der Waals surface area contributed by atoms with Crippen LogP contribution < -0.4 is 0 Å². The fraction of sp³-hybridized carbons (Fsp3) is 0.944. The summed E-state index contributed by atoms with van der Waals surface area (Å²) in [7, 11) is 0. The molecule has 0 radical (unpaired) electrons. The minimum atomic E-state index is 0.0837. The Bertz CT molecular complexity index is 353. The zero-order valence-corrected chi connectivity index (χ0v) is 14.3. The van der Waals surface area contributed by atoms with Crippen LogP contribution in [0.2, 0.25) is 0 Å². The molecule has 0 aromatic carbocycles. The highest BCUT2D eigenvalue weighted by Gasteiger charge is 2.31. The summed E-state index contributed by atoms with van der Waals surface area (Å²) >= 11 is 0. The van der Waals surface area contributed by atoms with Crippen molar-refractivity contribution < 1.29 is 4.79 Å². The van der Waals surface area contributed by atoms with Crippen molar-refractivity contribution in [2.45, 2.75) is 70.4 Å². The molecule has 0 N–H and O–H groups in total. The zero-order chi connectivity index (χ0) is 15.4. The maximum absolute atomic E-state index is 12.7. The molecule has 3 rings (SSSR count). The standard InChI is InChI=1S/C18H33N3O/c1-16(18(22)21-12-6-3-7-13-21)19-14-8-17(9-15-19)20-10-4-2-5-11-20/h16-17H,2-15H2,1H3. The van der Waals surface area contributed by atoms with Gasteiger partial charge >= 0.3 is 0 Å². The molecule has 3 aliphatic heterocycles. The number of hydrogen-bond acceptors (Lipinski definition) is 3. The van der Waals surface area contributed by atoms with Gasteiger partial charge in [-0.05, 0) is 65.0 Å². The van der Waals surface area contributed by atoms with E-state index in [1.54, 1.807) is 0 Å². The first-order chi connectivity index (χ1) is 10.8. The number of hydrogen-bond donors (Lipinski definition) is 0. The Morgan fingerprint density at radius 1 is 0.818 bits per heavy atom. The number of rotatable bonds is 3. The molecule has 22 heavy (non-hydrogen) atoms. The van der Waals surface area contributed by atoms with E-state index in [1.807, 2.05) is 0 Å². The number of nitrogens with zero attached hydrogens (tertiary/aromatic N) is 3. The summed E-state index contributed by atoms with van der Waals surface area (Å²) < 4.78 is 0. The van der Waals surface area contributed by atoms with Crippen molar-refractivity contribution in [1.82, 2.24) is 14.7 Å². The van der Waals surface area contributed by atoms with Crippen LogP contribution in [0.1, 0.15) is 58.3 Å². The van der Waals surface area contributed by atoms with E-state index in [0.29, 0.717) is 5.91 Å². The van der Waals surface area contributed by atoms with E-state index in [1.165, 1.54) is 64.5 Å². The summed E-state index contributed by atoms with van der Waals surface area (Å²) in [5.74, 6) is 0.371. The molecule has 0 aliphatic carbocycles. The average Bonchev–Trinajstić information content (AvgIpc) is 2.62. The van der Waals surface area contributed by atoms with E-state index in [0.717, 1.165) is 32.2 Å². The lowest BCUT2D eigenvalue weighted by molar-refractivity contribution is -0.138. The fourth-order valence-corrected chi connectivity index (χ4v) is 4.46. The van der Waals surface area contributed by atoms with Gasteiger partial charge in [-0.3, -0.25) is 9.69 Å². The van der Waals surface area contributed by atoms with Gasteiger partial charge in [0.15, 0.2) is 0 Å². The summed E-state index contributed by atoms with van der Waals surface area (Å²) in [5, 5.41) is 0. The highest BCUT2D eigenvalue weighted by atomic mass is 16.2. The van der Waals surface area contributed by atoms with Gasteiger partial charge in [-0.15, -0.1) is 0 Å². The quantitative estimate of drug-likeness (QED) is 0.801. The van der Waals surface area contributed by atoms with Gasteiger partial charge in [-0.25, -0.2) is 0 Å². The second kappa shape index (κ2) is 7.78. The van der Waals surface area contributed by atoms with Crippen LogP contribution in [0.4, 0.5) is 0 Å². The van der Waals surface area contributed by atoms with Crippen molar-refractivity contribution in [3.8, 4) is 0 Å². The Hall–Kier alpha value is -0.610. The molecule has 0 aromatic heterocycles. The first kappa shape index (κ1) is 16.3. The lowest BCUT2D eigenvalue weighted by atomic mass is 9.98. The van der Waals surface area contributed by atoms with Crippen LogP contribution in [0.5, 0.6) is 0 Å². The van der Waals surface area contributed by atoms with Crippen molar-refractivity contribution in [2.75, 3.05) is 39.3 Å². The van der Waals surface area contributed by atoms with Crippen LogP contribution in [0.25, 0.3) is 0 Å². The van der Waals surface area contributed by atoms with Gasteiger partial charge in [-0.1, -0.05) is 6.42 Å². The summed E-state index contributed by atoms with van der Waals surface area (Å²) in [5.41, 5.74) is 0. The Morgan fingerprint density at radius 3 is 1.95 bits per heavy atom. The summed E-state index contributed by atoms with van der Waals surface area (Å²) in [4.78, 5) is 19.9. The number of carbonyl (C=O) groups excluding carboxylic acids is 1. The Labute approximate surface area is 135 Å². The monoisotopic (exact) mass is 307 g/mol. The average molecular weight is 307 g/mol. The number of likely N-dealkylation sites (tertiary alicyclic amines) is 3. The van der Waals surface area contributed by atoms with Crippen molar-refractivity contribution in [1.29, 1.82) is 0 Å². The van der Waals surface area contributed by atoms with E-state index in [9.17, 15) is 4.79 Å². The third-order valence-corrected chi connectivity index (χ3v) is 5.98. The highest BCUT2D eigenvalue weighted by molar-refractivity contribution is 5.81. The van der Waals surface area contributed by atoms with E-state index < -0.39 is 0 Å². The summed E-state index contributed by atoms with van der Waals surface area (Å²) in [6.45, 7) is 8.88. The predicted molar refractivity (Wildman–Crippen MR) is 89.9 cm³/mol. The predicted octanol–water partition coefficient (Wildman–Crippen LogP) is 2.34. The van der Waals surface area contributed by atoms with Crippen LogP contribution in [-0.4, -0.2) is 72.0 Å². The normalized spacial score (nSPS) is 27.8. The molecule has 126 valence electrons. The molecule has 1 atom stereocenters. The van der Waals surface area contributed by atoms with Crippen LogP contribution in [0.15, 0.2) is 0 Å². The molecule has 3 aliphatic rings. The summed E-state index contributed by atoms with van der Waals surface area (Å²) in [6, 6.07) is 0.856. The Morgan fingerprint density at radius 2 is 1.36 bits per heavy atom. The molecule has 3 saturated heterocycles. The third-order valence-electron chi connectivity index (χ3n) is 5.98. The number of piperidine rings is 3. The number of carbonyl (C=O) groups is 1. The minimum absolute atomic E-state index is 0.0837. The highest BCUT2D eigenvalue weighted by Crippen LogP contribution is 2.22. The maximum atomic E-state index is 12.7. The Kier molecular flexibility index (Phi) is 5.75. The molecule has 0 aromatic rings. The van der Waals surface area contributed by atoms with E-state index >= 15 is 0 Å². The topological polar surface area (TPSA) is 26.8 Å². The van der Waals surface area contributed by atoms with Crippen molar-refractivity contribution >= 4 is 5.91 Å². The molecule has 0 spiro atoms. The largest absolute Gasteiger partial charge is 0.341 e. The van der Waals surface area contributed by atoms with Gasteiger partial charge in [0.1, 0.15) is 0 Å². The maximum Gasteiger partial charge on any atom is 0.239 e. The van der Waals surface area contributed by atoms with E-state index in [2.05, 4.69) is 21.6 Å². The lowest BCUT2D eigenvalue weighted by Crippen LogP contribution is -2.53.